The summed E-state index contributed by atoms with van der Waals surface area (Å²) >= 11 is 0. The summed E-state index contributed by atoms with van der Waals surface area (Å²) in [6.07, 6.45) is 0.950. The highest BCUT2D eigenvalue weighted by Gasteiger charge is 2.29. The Labute approximate surface area is 135 Å². The lowest BCUT2D eigenvalue weighted by molar-refractivity contribution is 0.103. The summed E-state index contributed by atoms with van der Waals surface area (Å²) in [5.41, 5.74) is 5.88. The second-order valence-electron chi connectivity index (χ2n) is 6.18. The fourth-order valence-electron chi connectivity index (χ4n) is 3.10. The molecule has 0 saturated carbocycles. The van der Waals surface area contributed by atoms with Gasteiger partial charge in [0.25, 0.3) is 0 Å². The monoisotopic (exact) mass is 306 g/mol. The van der Waals surface area contributed by atoms with Gasteiger partial charge in [-0.25, -0.2) is 0 Å². The largest absolute Gasteiger partial charge is 0.490 e. The lowest BCUT2D eigenvalue weighted by atomic mass is 9.97. The first-order valence-electron chi connectivity index (χ1n) is 7.84. The normalized spacial score (nSPS) is 17.3. The van der Waals surface area contributed by atoms with Gasteiger partial charge in [-0.2, -0.15) is 0 Å². The van der Waals surface area contributed by atoms with Gasteiger partial charge >= 0.3 is 0 Å². The Bertz CT molecular complexity index is 816. The van der Waals surface area contributed by atoms with E-state index < -0.39 is 0 Å². The standard InChI is InChI=1S/C20H18O3/c1-12(2)19(21)17-8-7-16-15-6-4-3-5-13(15)9-18(16)20(17)23-11-14-10-22-14/h3-8,14H,1,9-11H2,2H3. The van der Waals surface area contributed by atoms with Crippen molar-refractivity contribution in [2.45, 2.75) is 19.4 Å². The predicted octanol–water partition coefficient (Wildman–Crippen LogP) is 3.79. The van der Waals surface area contributed by atoms with Crippen molar-refractivity contribution in [1.29, 1.82) is 0 Å². The zero-order valence-electron chi connectivity index (χ0n) is 13.1. The second-order valence-corrected chi connectivity index (χ2v) is 6.18. The molecule has 1 atom stereocenters. The van der Waals surface area contributed by atoms with Crippen molar-refractivity contribution in [1.82, 2.24) is 0 Å². The molecule has 0 N–H and O–H groups in total. The van der Waals surface area contributed by atoms with Crippen LogP contribution in [-0.2, 0) is 11.2 Å². The van der Waals surface area contributed by atoms with E-state index in [1.807, 2.05) is 24.3 Å². The van der Waals surface area contributed by atoms with Crippen LogP contribution in [0.3, 0.4) is 0 Å². The second kappa shape index (κ2) is 5.36. The highest BCUT2D eigenvalue weighted by Crippen LogP contribution is 2.43. The summed E-state index contributed by atoms with van der Waals surface area (Å²) in [5, 5.41) is 0. The maximum atomic E-state index is 12.5. The molecule has 23 heavy (non-hydrogen) atoms. The van der Waals surface area contributed by atoms with E-state index in [0.717, 1.165) is 24.2 Å². The molecule has 0 amide bonds. The van der Waals surface area contributed by atoms with Crippen LogP contribution in [0.5, 0.6) is 5.75 Å². The van der Waals surface area contributed by atoms with Crippen molar-refractivity contribution < 1.29 is 14.3 Å². The van der Waals surface area contributed by atoms with E-state index in [4.69, 9.17) is 9.47 Å². The summed E-state index contributed by atoms with van der Waals surface area (Å²) in [4.78, 5) is 12.5. The molecule has 2 aliphatic rings. The van der Waals surface area contributed by atoms with Crippen molar-refractivity contribution in [2.24, 2.45) is 0 Å². The molecule has 1 saturated heterocycles. The SMILES string of the molecule is C=C(C)C(=O)c1ccc2c(c1OCC1CO1)Cc1ccccc1-2. The van der Waals surface area contributed by atoms with Gasteiger partial charge in [0.2, 0.25) is 0 Å². The van der Waals surface area contributed by atoms with Crippen LogP contribution in [0.4, 0.5) is 0 Å². The maximum absolute atomic E-state index is 12.5. The number of rotatable bonds is 5. The minimum Gasteiger partial charge on any atom is -0.490 e. The summed E-state index contributed by atoms with van der Waals surface area (Å²) < 4.78 is 11.3. The van der Waals surface area contributed by atoms with E-state index in [1.165, 1.54) is 11.1 Å². The van der Waals surface area contributed by atoms with Crippen molar-refractivity contribution in [2.75, 3.05) is 13.2 Å². The van der Waals surface area contributed by atoms with Crippen LogP contribution in [0.1, 0.15) is 28.4 Å². The molecular formula is C20H18O3. The average Bonchev–Trinajstić information content (AvgIpc) is 3.30. The van der Waals surface area contributed by atoms with Crippen molar-refractivity contribution in [3.63, 3.8) is 0 Å². The first-order chi connectivity index (χ1) is 11.1. The van der Waals surface area contributed by atoms with Crippen LogP contribution in [0.15, 0.2) is 48.6 Å². The van der Waals surface area contributed by atoms with Crippen molar-refractivity contribution in [3.8, 4) is 16.9 Å². The molecule has 1 aliphatic carbocycles. The molecule has 3 heteroatoms. The lowest BCUT2D eigenvalue weighted by Crippen LogP contribution is -2.11. The third-order valence-corrected chi connectivity index (χ3v) is 4.38. The topological polar surface area (TPSA) is 38.8 Å². The number of allylic oxidation sites excluding steroid dienone is 1. The molecule has 116 valence electrons. The Morgan fingerprint density at radius 2 is 2.04 bits per heavy atom. The smallest absolute Gasteiger partial charge is 0.191 e. The third kappa shape index (κ3) is 2.47. The maximum Gasteiger partial charge on any atom is 0.191 e. The van der Waals surface area contributed by atoms with Crippen LogP contribution < -0.4 is 4.74 Å². The molecular weight excluding hydrogens is 288 g/mol. The molecule has 1 heterocycles. The highest BCUT2D eigenvalue weighted by atomic mass is 16.6. The zero-order chi connectivity index (χ0) is 16.0. The summed E-state index contributed by atoms with van der Waals surface area (Å²) in [7, 11) is 0. The molecule has 1 unspecified atom stereocenters. The van der Waals surface area contributed by atoms with Gasteiger partial charge in [0.05, 0.1) is 12.2 Å². The van der Waals surface area contributed by atoms with Crippen LogP contribution in [0.2, 0.25) is 0 Å². The molecule has 2 aromatic rings. The van der Waals surface area contributed by atoms with Gasteiger partial charge in [0.15, 0.2) is 5.78 Å². The molecule has 0 radical (unpaired) electrons. The summed E-state index contributed by atoms with van der Waals surface area (Å²) in [6.45, 7) is 6.74. The Kier molecular flexibility index (Phi) is 3.31. The Morgan fingerprint density at radius 1 is 1.26 bits per heavy atom. The first-order valence-corrected chi connectivity index (χ1v) is 7.84. The molecule has 1 aliphatic heterocycles. The number of Topliss-reactive ketones (excluding diaryl/α,β-unsaturated/α-hetero) is 1. The van der Waals surface area contributed by atoms with E-state index >= 15 is 0 Å². The van der Waals surface area contributed by atoms with Gasteiger partial charge < -0.3 is 9.47 Å². The fourth-order valence-corrected chi connectivity index (χ4v) is 3.10. The molecule has 3 nitrogen and oxygen atoms in total. The summed E-state index contributed by atoms with van der Waals surface area (Å²) in [6, 6.07) is 12.2. The van der Waals surface area contributed by atoms with Crippen molar-refractivity contribution in [3.05, 3.63) is 65.2 Å². The molecule has 1 fully saturated rings. The van der Waals surface area contributed by atoms with Gasteiger partial charge in [-0.1, -0.05) is 36.9 Å². The quantitative estimate of drug-likeness (QED) is 0.409. The number of carbonyl (C=O) groups excluding carboxylic acids is 1. The number of hydrogen-bond acceptors (Lipinski definition) is 3. The average molecular weight is 306 g/mol. The van der Waals surface area contributed by atoms with Gasteiger partial charge in [-0.15, -0.1) is 0 Å². The van der Waals surface area contributed by atoms with Gasteiger partial charge in [-0.05, 0) is 35.3 Å². The Hall–Kier alpha value is -2.39. The predicted molar refractivity (Wildman–Crippen MR) is 89.1 cm³/mol. The number of epoxide rings is 1. The summed E-state index contributed by atoms with van der Waals surface area (Å²) in [5.74, 6) is 0.637. The first kappa shape index (κ1) is 14.2. The van der Waals surface area contributed by atoms with Crippen LogP contribution in [-0.4, -0.2) is 25.1 Å². The number of hydrogen-bond donors (Lipinski definition) is 0. The van der Waals surface area contributed by atoms with E-state index in [2.05, 4.69) is 18.7 Å². The van der Waals surface area contributed by atoms with Gasteiger partial charge in [-0.3, -0.25) is 4.79 Å². The zero-order valence-corrected chi connectivity index (χ0v) is 13.1. The molecule has 4 rings (SSSR count). The van der Waals surface area contributed by atoms with Crippen LogP contribution in [0, 0.1) is 0 Å². The number of ketones is 1. The van der Waals surface area contributed by atoms with Crippen molar-refractivity contribution >= 4 is 5.78 Å². The van der Waals surface area contributed by atoms with E-state index in [-0.39, 0.29) is 11.9 Å². The number of carbonyl (C=O) groups is 1. The number of fused-ring (bicyclic) bond motifs is 3. The Balaban J connectivity index is 1.81. The van der Waals surface area contributed by atoms with Crippen LogP contribution >= 0.6 is 0 Å². The van der Waals surface area contributed by atoms with E-state index in [0.29, 0.717) is 23.5 Å². The minimum absolute atomic E-state index is 0.0597. The van der Waals surface area contributed by atoms with Gasteiger partial charge in [0, 0.05) is 12.0 Å². The third-order valence-electron chi connectivity index (χ3n) is 4.38. The highest BCUT2D eigenvalue weighted by molar-refractivity contribution is 6.10. The molecule has 0 bridgehead atoms. The molecule has 0 spiro atoms. The molecule has 0 aromatic heterocycles. The molecule has 2 aromatic carbocycles. The fraction of sp³-hybridized carbons (Fsp3) is 0.250. The van der Waals surface area contributed by atoms with E-state index in [1.54, 1.807) is 6.92 Å². The van der Waals surface area contributed by atoms with Crippen LogP contribution in [0.25, 0.3) is 11.1 Å². The van der Waals surface area contributed by atoms with E-state index in [9.17, 15) is 4.79 Å². The lowest BCUT2D eigenvalue weighted by Gasteiger charge is -2.15. The Morgan fingerprint density at radius 3 is 2.78 bits per heavy atom. The van der Waals surface area contributed by atoms with Gasteiger partial charge in [0.1, 0.15) is 18.5 Å². The minimum atomic E-state index is -0.0597. The number of ether oxygens (including phenoxy) is 2. The number of benzene rings is 2.